The van der Waals surface area contributed by atoms with Gasteiger partial charge in [-0.15, -0.1) is 0 Å². The summed E-state index contributed by atoms with van der Waals surface area (Å²) in [6, 6.07) is 0. The summed E-state index contributed by atoms with van der Waals surface area (Å²) in [6.45, 7) is 12.1. The Bertz CT molecular complexity index is 246. The van der Waals surface area contributed by atoms with Crippen molar-refractivity contribution in [1.82, 2.24) is 18.9 Å². The highest BCUT2D eigenvalue weighted by Gasteiger charge is 2.29. The van der Waals surface area contributed by atoms with Crippen molar-refractivity contribution in [2.75, 3.05) is 66.5 Å². The van der Waals surface area contributed by atoms with Crippen LogP contribution in [-0.4, -0.2) is 94.5 Å². The van der Waals surface area contributed by atoms with Crippen LogP contribution in [0.15, 0.2) is 11.8 Å². The Hall–Kier alpha value is -0.203. The van der Waals surface area contributed by atoms with Gasteiger partial charge in [0.15, 0.2) is 0 Å². The predicted molar refractivity (Wildman–Crippen MR) is 80.1 cm³/mol. The van der Waals surface area contributed by atoms with Gasteiger partial charge in [-0.1, -0.05) is 11.8 Å². The summed E-state index contributed by atoms with van der Waals surface area (Å²) in [7, 11) is 3.45. The third-order valence-corrected chi connectivity index (χ3v) is 7.45. The largest absolute Gasteiger partial charge is 0.308 e. The second-order valence-electron chi connectivity index (χ2n) is 5.62. The van der Waals surface area contributed by atoms with Gasteiger partial charge >= 0.3 is 0 Å². The maximum Gasteiger partial charge on any atom is 0.215 e. The molecule has 2 saturated heterocycles. The summed E-state index contributed by atoms with van der Waals surface area (Å²) in [5.41, 5.74) is 2.51. The van der Waals surface area contributed by atoms with E-state index < -0.39 is 9.12 Å². The van der Waals surface area contributed by atoms with Crippen LogP contribution in [0.3, 0.4) is 0 Å². The first-order chi connectivity index (χ1) is 8.70. The van der Waals surface area contributed by atoms with Crippen LogP contribution in [0.25, 0.3) is 0 Å². The Kier molecular flexibility index (Phi) is 5.38. The van der Waals surface area contributed by atoms with Crippen molar-refractivity contribution >= 4 is 9.12 Å². The van der Waals surface area contributed by atoms with Crippen LogP contribution in [0.4, 0.5) is 0 Å². The Balaban J connectivity index is 1.95. The smallest absolute Gasteiger partial charge is 0.215 e. The van der Waals surface area contributed by atoms with Crippen LogP contribution in [-0.2, 0) is 0 Å². The summed E-state index contributed by atoms with van der Waals surface area (Å²) >= 11 is 0. The van der Waals surface area contributed by atoms with E-state index in [1.807, 2.05) is 0 Å². The minimum atomic E-state index is -1.02. The minimum absolute atomic E-state index is 1.02. The van der Waals surface area contributed by atoms with Crippen molar-refractivity contribution in [2.24, 2.45) is 0 Å². The molecule has 0 aromatic carbocycles. The molecule has 0 saturated carbocycles. The first kappa shape index (κ1) is 14.2. The lowest BCUT2D eigenvalue weighted by Crippen LogP contribution is -2.61. The molecule has 0 aromatic rings. The molecule has 2 fully saturated rings. The number of likely N-dealkylation sites (N-methyl/N-ethyl adjacent to an activating group) is 2. The molecule has 0 amide bonds. The molecule has 5 heteroatoms. The highest BCUT2D eigenvalue weighted by Crippen LogP contribution is 2.10. The summed E-state index contributed by atoms with van der Waals surface area (Å²) in [6.07, 6.45) is 2.27. The van der Waals surface area contributed by atoms with Gasteiger partial charge in [0, 0.05) is 52.4 Å². The van der Waals surface area contributed by atoms with Crippen LogP contribution in [0.1, 0.15) is 6.92 Å². The van der Waals surface area contributed by atoms with E-state index in [2.05, 4.69) is 51.7 Å². The Morgan fingerprint density at radius 2 is 1.11 bits per heavy atom. The van der Waals surface area contributed by atoms with Gasteiger partial charge in [-0.25, -0.2) is 0 Å². The van der Waals surface area contributed by atoms with E-state index in [0.717, 1.165) is 0 Å². The molecule has 0 aromatic heterocycles. The topological polar surface area (TPSA) is 13.0 Å². The molecule has 18 heavy (non-hydrogen) atoms. The van der Waals surface area contributed by atoms with Crippen molar-refractivity contribution in [1.29, 1.82) is 0 Å². The van der Waals surface area contributed by atoms with E-state index in [1.54, 1.807) is 0 Å². The van der Waals surface area contributed by atoms with E-state index in [1.165, 1.54) is 52.4 Å². The quantitative estimate of drug-likeness (QED) is 0.658. The number of nitrogens with zero attached hydrogens (tertiary/aromatic N) is 4. The Labute approximate surface area is 114 Å². The van der Waals surface area contributed by atoms with Crippen molar-refractivity contribution < 1.29 is 0 Å². The first-order valence-electron chi connectivity index (χ1n) is 7.18. The van der Waals surface area contributed by atoms with E-state index in [0.29, 0.717) is 0 Å². The molecule has 2 aliphatic rings. The molecule has 0 bridgehead atoms. The van der Waals surface area contributed by atoms with E-state index in [-0.39, 0.29) is 0 Å². The highest BCUT2D eigenvalue weighted by molar-refractivity contribution is 6.58. The maximum atomic E-state index is 2.77. The van der Waals surface area contributed by atoms with Crippen molar-refractivity contribution in [3.63, 3.8) is 0 Å². The van der Waals surface area contributed by atoms with Gasteiger partial charge in [0.05, 0.1) is 0 Å². The van der Waals surface area contributed by atoms with Crippen LogP contribution in [0.2, 0.25) is 0 Å². The van der Waals surface area contributed by atoms with Crippen molar-refractivity contribution in [3.8, 4) is 0 Å². The second-order valence-corrected chi connectivity index (χ2v) is 8.29. The fourth-order valence-corrected chi connectivity index (χ4v) is 5.63. The van der Waals surface area contributed by atoms with Gasteiger partial charge in [0.1, 0.15) is 0 Å². The summed E-state index contributed by atoms with van der Waals surface area (Å²) < 4.78 is 5.54. The van der Waals surface area contributed by atoms with Gasteiger partial charge in [0.2, 0.25) is 9.12 Å². The maximum absolute atomic E-state index is 2.77. The third-order valence-electron chi connectivity index (χ3n) is 4.19. The lowest BCUT2D eigenvalue weighted by Gasteiger charge is -2.43. The molecule has 0 aliphatic carbocycles. The summed E-state index contributed by atoms with van der Waals surface area (Å²) in [5, 5.41) is 0. The standard InChI is InChI=1S/C13H28N4Si/c1-4-13-18(16-9-5-14(2)6-10-16)17-11-7-15(3)8-12-17/h4,13,18H,5-12H2,1-3H3. The molecule has 2 rings (SSSR count). The van der Waals surface area contributed by atoms with E-state index in [9.17, 15) is 0 Å². The molecule has 0 unspecified atom stereocenters. The van der Waals surface area contributed by atoms with Crippen molar-refractivity contribution in [2.45, 2.75) is 6.92 Å². The van der Waals surface area contributed by atoms with Crippen LogP contribution in [0.5, 0.6) is 0 Å². The number of hydrogen-bond donors (Lipinski definition) is 0. The van der Waals surface area contributed by atoms with Gasteiger partial charge in [-0.3, -0.25) is 0 Å². The van der Waals surface area contributed by atoms with Gasteiger partial charge < -0.3 is 18.9 Å². The number of allylic oxidation sites excluding steroid dienone is 1. The molecule has 0 spiro atoms. The SMILES string of the molecule is CC=C[SiH](N1CCN(C)CC1)N1CCN(C)CC1. The lowest BCUT2D eigenvalue weighted by molar-refractivity contribution is 0.183. The number of rotatable bonds is 3. The molecular formula is C13H28N4Si. The zero-order valence-corrected chi connectivity index (χ0v) is 13.3. The van der Waals surface area contributed by atoms with Gasteiger partial charge in [-0.2, -0.15) is 0 Å². The van der Waals surface area contributed by atoms with Crippen molar-refractivity contribution in [3.05, 3.63) is 11.8 Å². The second kappa shape index (κ2) is 6.82. The average Bonchev–Trinajstić information content (AvgIpc) is 2.39. The van der Waals surface area contributed by atoms with Crippen LogP contribution in [0, 0.1) is 0 Å². The molecular weight excluding hydrogens is 240 g/mol. The first-order valence-corrected chi connectivity index (χ1v) is 8.88. The Morgan fingerprint density at radius 3 is 1.44 bits per heavy atom. The third kappa shape index (κ3) is 3.65. The number of piperazine rings is 2. The summed E-state index contributed by atoms with van der Waals surface area (Å²) in [4.78, 5) is 4.89. The Morgan fingerprint density at radius 1 is 0.722 bits per heavy atom. The van der Waals surface area contributed by atoms with E-state index in [4.69, 9.17) is 0 Å². The van der Waals surface area contributed by atoms with E-state index >= 15 is 0 Å². The molecule has 0 atom stereocenters. The minimum Gasteiger partial charge on any atom is -0.308 e. The normalized spacial score (nSPS) is 26.4. The van der Waals surface area contributed by atoms with Crippen LogP contribution < -0.4 is 0 Å². The number of hydrogen-bond acceptors (Lipinski definition) is 4. The average molecular weight is 268 g/mol. The summed E-state index contributed by atoms with van der Waals surface area (Å²) in [5.74, 6) is 0. The molecule has 104 valence electrons. The fraction of sp³-hybridized carbons (Fsp3) is 0.846. The molecule has 2 aliphatic heterocycles. The van der Waals surface area contributed by atoms with Gasteiger partial charge in [0.25, 0.3) is 0 Å². The molecule has 2 heterocycles. The molecule has 0 radical (unpaired) electrons. The predicted octanol–water partition coefficient (Wildman–Crippen LogP) is -0.183. The lowest BCUT2D eigenvalue weighted by atomic mass is 10.4. The van der Waals surface area contributed by atoms with Crippen LogP contribution >= 0.6 is 0 Å². The highest BCUT2D eigenvalue weighted by atomic mass is 28.3. The zero-order chi connectivity index (χ0) is 13.0. The zero-order valence-electron chi connectivity index (χ0n) is 12.2. The van der Waals surface area contributed by atoms with Gasteiger partial charge in [-0.05, 0) is 21.0 Å². The molecule has 0 N–H and O–H groups in total. The monoisotopic (exact) mass is 268 g/mol. The molecule has 4 nitrogen and oxygen atoms in total. The fourth-order valence-electron chi connectivity index (χ4n) is 2.82.